The van der Waals surface area contributed by atoms with Gasteiger partial charge in [-0.05, 0) is 89.3 Å². The molecular weight excluding hydrogens is 727 g/mol. The lowest BCUT2D eigenvalue weighted by atomic mass is 10.0. The third kappa shape index (κ3) is 5.80. The van der Waals surface area contributed by atoms with Crippen LogP contribution >= 0.6 is 11.3 Å². The van der Waals surface area contributed by atoms with Gasteiger partial charge in [-0.15, -0.1) is 11.3 Å². The highest BCUT2D eigenvalue weighted by molar-refractivity contribution is 7.26. The molecule has 0 radical (unpaired) electrons. The van der Waals surface area contributed by atoms with Gasteiger partial charge in [0.15, 0.2) is 5.58 Å². The van der Waals surface area contributed by atoms with E-state index in [1.165, 1.54) is 31.3 Å². The van der Waals surface area contributed by atoms with E-state index >= 15 is 0 Å². The molecule has 274 valence electrons. The molecule has 4 nitrogen and oxygen atoms in total. The highest BCUT2D eigenvalue weighted by Gasteiger charge is 2.27. The number of benzene rings is 9. The summed E-state index contributed by atoms with van der Waals surface area (Å²) in [7, 11) is 0. The van der Waals surface area contributed by atoms with Gasteiger partial charge < -0.3 is 14.2 Å². The Morgan fingerprint density at radius 3 is 1.69 bits per heavy atom. The van der Waals surface area contributed by atoms with Crippen molar-refractivity contribution in [3.63, 3.8) is 0 Å². The summed E-state index contributed by atoms with van der Waals surface area (Å²) in [5.74, 6) is 0.575. The van der Waals surface area contributed by atoms with E-state index in [9.17, 15) is 0 Å². The molecule has 0 aliphatic rings. The topological polar surface area (TPSA) is 32.5 Å². The van der Waals surface area contributed by atoms with Crippen molar-refractivity contribution in [1.29, 1.82) is 0 Å². The van der Waals surface area contributed by atoms with Crippen LogP contribution in [0.1, 0.15) is 0 Å². The Morgan fingerprint density at radius 1 is 0.414 bits per heavy atom. The van der Waals surface area contributed by atoms with E-state index in [4.69, 9.17) is 9.40 Å². The Bertz CT molecular complexity index is 3210. The first kappa shape index (κ1) is 33.8. The monoisotopic (exact) mass is 761 g/mol. The first-order valence-corrected chi connectivity index (χ1v) is 20.3. The molecule has 0 aliphatic heterocycles. The number of hydrogen-bond acceptors (Lipinski definition) is 5. The Morgan fingerprint density at radius 2 is 0.966 bits per heavy atom. The summed E-state index contributed by atoms with van der Waals surface area (Å²) in [5.41, 5.74) is 11.0. The molecule has 2 heterocycles. The Balaban J connectivity index is 1.19. The molecule has 0 amide bonds. The minimum Gasteiger partial charge on any atom is -0.435 e. The second-order valence-corrected chi connectivity index (χ2v) is 15.4. The van der Waals surface area contributed by atoms with Gasteiger partial charge in [0.2, 0.25) is 5.89 Å². The number of anilines is 6. The standard InChI is InChI=1S/C53H35N3OS/c1-5-17-36(18-6-1)37-31-33-42(34-32-37)55(40-22-9-3-10-23-40)45-28-15-21-39-35-47(50-51(49(39)45)57-53(54-50)38-19-7-2-8-20-38)56(41-24-11-4-12-25-41)46-29-16-27-44-43-26-13-14-30-48(43)58-52(44)46/h1-35H. The van der Waals surface area contributed by atoms with Crippen LogP contribution in [-0.4, -0.2) is 4.98 Å². The van der Waals surface area contributed by atoms with Crippen LogP contribution in [0.5, 0.6) is 0 Å². The van der Waals surface area contributed by atoms with Gasteiger partial charge in [0.25, 0.3) is 0 Å². The normalized spacial score (nSPS) is 11.4. The summed E-state index contributed by atoms with van der Waals surface area (Å²) in [5, 5.41) is 4.53. The minimum absolute atomic E-state index is 0.575. The lowest BCUT2D eigenvalue weighted by Gasteiger charge is -2.29. The molecule has 11 aromatic rings. The number of para-hydroxylation sites is 2. The molecule has 0 unspecified atom stereocenters. The van der Waals surface area contributed by atoms with E-state index in [1.54, 1.807) is 0 Å². The molecule has 58 heavy (non-hydrogen) atoms. The predicted molar refractivity (Wildman–Crippen MR) is 245 cm³/mol. The number of aromatic nitrogens is 1. The van der Waals surface area contributed by atoms with Crippen molar-refractivity contribution in [3.8, 4) is 22.6 Å². The van der Waals surface area contributed by atoms with E-state index in [0.29, 0.717) is 5.89 Å². The number of rotatable bonds is 8. The van der Waals surface area contributed by atoms with Gasteiger partial charge in [-0.25, -0.2) is 4.98 Å². The van der Waals surface area contributed by atoms with Crippen molar-refractivity contribution in [2.75, 3.05) is 9.80 Å². The average Bonchev–Trinajstić information content (AvgIpc) is 3.92. The van der Waals surface area contributed by atoms with Crippen LogP contribution in [0.3, 0.4) is 0 Å². The van der Waals surface area contributed by atoms with Crippen LogP contribution < -0.4 is 9.80 Å². The molecule has 0 N–H and O–H groups in total. The summed E-state index contributed by atoms with van der Waals surface area (Å²) >= 11 is 1.83. The number of fused-ring (bicyclic) bond motifs is 6. The van der Waals surface area contributed by atoms with Crippen LogP contribution in [-0.2, 0) is 0 Å². The maximum absolute atomic E-state index is 7.04. The number of hydrogen-bond donors (Lipinski definition) is 0. The molecule has 11 rings (SSSR count). The summed E-state index contributed by atoms with van der Waals surface area (Å²) in [6.45, 7) is 0. The highest BCUT2D eigenvalue weighted by atomic mass is 32.1. The molecule has 0 bridgehead atoms. The smallest absolute Gasteiger partial charge is 0.227 e. The number of oxazole rings is 1. The van der Waals surface area contributed by atoms with Gasteiger partial charge in [-0.2, -0.15) is 0 Å². The summed E-state index contributed by atoms with van der Waals surface area (Å²) in [4.78, 5) is 10.1. The summed E-state index contributed by atoms with van der Waals surface area (Å²) in [6, 6.07) is 74.8. The maximum Gasteiger partial charge on any atom is 0.227 e. The SMILES string of the molecule is c1ccc(-c2ccc(N(c3ccccc3)c3cccc4cc(N(c5ccccc5)c5cccc6c5sc5ccccc56)c5nc(-c6ccccc6)oc5c34)cc2)cc1. The first-order chi connectivity index (χ1) is 28.8. The second-order valence-electron chi connectivity index (χ2n) is 14.3. The van der Waals surface area contributed by atoms with Gasteiger partial charge in [0.1, 0.15) is 5.52 Å². The Labute approximate surface area is 340 Å². The van der Waals surface area contributed by atoms with Gasteiger partial charge >= 0.3 is 0 Å². The summed E-state index contributed by atoms with van der Waals surface area (Å²) in [6.07, 6.45) is 0. The number of thiophene rings is 1. The molecule has 0 spiro atoms. The van der Waals surface area contributed by atoms with Crippen molar-refractivity contribution < 1.29 is 4.42 Å². The molecule has 0 fully saturated rings. The van der Waals surface area contributed by atoms with Crippen molar-refractivity contribution in [3.05, 3.63) is 212 Å². The van der Waals surface area contributed by atoms with E-state index in [2.05, 4.69) is 204 Å². The fourth-order valence-electron chi connectivity index (χ4n) is 8.20. The predicted octanol–water partition coefficient (Wildman–Crippen LogP) is 15.6. The van der Waals surface area contributed by atoms with E-state index in [0.717, 1.165) is 61.6 Å². The van der Waals surface area contributed by atoms with Gasteiger partial charge in [-0.1, -0.05) is 140 Å². The van der Waals surface area contributed by atoms with E-state index in [1.807, 2.05) is 29.5 Å². The largest absolute Gasteiger partial charge is 0.435 e. The van der Waals surface area contributed by atoms with Crippen LogP contribution in [0.25, 0.3) is 64.6 Å². The zero-order chi connectivity index (χ0) is 38.4. The van der Waals surface area contributed by atoms with E-state index in [-0.39, 0.29) is 0 Å². The highest BCUT2D eigenvalue weighted by Crippen LogP contribution is 2.50. The van der Waals surface area contributed by atoms with Crippen LogP contribution in [0, 0.1) is 0 Å². The summed E-state index contributed by atoms with van der Waals surface area (Å²) < 4.78 is 9.52. The average molecular weight is 762 g/mol. The zero-order valence-electron chi connectivity index (χ0n) is 31.4. The van der Waals surface area contributed by atoms with Crippen LogP contribution in [0.15, 0.2) is 217 Å². The van der Waals surface area contributed by atoms with Crippen molar-refractivity contribution in [1.82, 2.24) is 4.98 Å². The van der Waals surface area contributed by atoms with Gasteiger partial charge in [-0.3, -0.25) is 0 Å². The molecule has 5 heteroatoms. The fraction of sp³-hybridized carbons (Fsp3) is 0. The Hall–Kier alpha value is -7.47. The van der Waals surface area contributed by atoms with Crippen molar-refractivity contribution in [2.24, 2.45) is 0 Å². The van der Waals surface area contributed by atoms with Gasteiger partial charge in [0.05, 0.1) is 27.1 Å². The third-order valence-corrected chi connectivity index (χ3v) is 12.1. The van der Waals surface area contributed by atoms with E-state index < -0.39 is 0 Å². The van der Waals surface area contributed by atoms with Crippen LogP contribution in [0.4, 0.5) is 34.1 Å². The molecule has 9 aromatic carbocycles. The molecule has 2 aromatic heterocycles. The molecule has 0 atom stereocenters. The lowest BCUT2D eigenvalue weighted by molar-refractivity contribution is 0.623. The van der Waals surface area contributed by atoms with Crippen molar-refractivity contribution in [2.45, 2.75) is 0 Å². The molecule has 0 saturated heterocycles. The molecular formula is C53H35N3OS. The fourth-order valence-corrected chi connectivity index (χ4v) is 9.40. The lowest BCUT2D eigenvalue weighted by Crippen LogP contribution is -2.12. The van der Waals surface area contributed by atoms with Crippen molar-refractivity contribution >= 4 is 87.5 Å². The Kier molecular flexibility index (Phi) is 8.30. The second kappa shape index (κ2) is 14.2. The quantitative estimate of drug-likeness (QED) is 0.154. The van der Waals surface area contributed by atoms with Crippen LogP contribution in [0.2, 0.25) is 0 Å². The minimum atomic E-state index is 0.575. The molecule has 0 aliphatic carbocycles. The first-order valence-electron chi connectivity index (χ1n) is 19.5. The number of nitrogens with zero attached hydrogens (tertiary/aromatic N) is 3. The maximum atomic E-state index is 7.04. The zero-order valence-corrected chi connectivity index (χ0v) is 32.2. The molecule has 0 saturated carbocycles. The van der Waals surface area contributed by atoms with Gasteiger partial charge in [0, 0.05) is 38.1 Å². The third-order valence-electron chi connectivity index (χ3n) is 10.9.